The van der Waals surface area contributed by atoms with Gasteiger partial charge in [-0.2, -0.15) is 13.2 Å². The van der Waals surface area contributed by atoms with E-state index in [1.54, 1.807) is 12.3 Å². The van der Waals surface area contributed by atoms with Crippen molar-refractivity contribution in [1.82, 2.24) is 9.97 Å². The zero-order chi connectivity index (χ0) is 28.4. The number of alkyl halides is 3. The number of hydrogen-bond donors (Lipinski definition) is 2. The Labute approximate surface area is 223 Å². The molecule has 1 fully saturated rings. The van der Waals surface area contributed by atoms with E-state index >= 15 is 0 Å². The molecule has 1 aromatic heterocycles. The summed E-state index contributed by atoms with van der Waals surface area (Å²) in [5, 5.41) is 4.48. The number of rotatable bonds is 5. The van der Waals surface area contributed by atoms with Crippen molar-refractivity contribution >= 4 is 40.0 Å². The van der Waals surface area contributed by atoms with Crippen molar-refractivity contribution in [3.05, 3.63) is 89.1 Å². The summed E-state index contributed by atoms with van der Waals surface area (Å²) in [6.07, 6.45) is -3.33. The van der Waals surface area contributed by atoms with Gasteiger partial charge in [-0.3, -0.25) is 9.78 Å². The molecule has 2 N–H and O–H groups in total. The first-order chi connectivity index (χ1) is 19.1. The number of ether oxygens (including phenoxy) is 1. The second kappa shape index (κ2) is 10.8. The van der Waals surface area contributed by atoms with Gasteiger partial charge < -0.3 is 20.3 Å². The molecule has 40 heavy (non-hydrogen) atoms. The molecule has 5 rings (SSSR count). The van der Waals surface area contributed by atoms with E-state index in [-0.39, 0.29) is 22.5 Å². The van der Waals surface area contributed by atoms with Crippen LogP contribution in [-0.4, -0.2) is 48.1 Å². The fraction of sp³-hybridized carbons (Fsp3) is 0.185. The Morgan fingerprint density at radius 3 is 2.23 bits per heavy atom. The molecule has 8 nitrogen and oxygen atoms in total. The average Bonchev–Trinajstić information content (AvgIpc) is 2.94. The number of fused-ring (bicyclic) bond motifs is 1. The van der Waals surface area contributed by atoms with Gasteiger partial charge >= 0.3 is 12.2 Å². The molecule has 206 valence electrons. The number of morpholine rings is 1. The molecule has 1 aliphatic rings. The lowest BCUT2D eigenvalue weighted by molar-refractivity contribution is -0.139. The number of ketones is 1. The second-order valence-corrected chi connectivity index (χ2v) is 8.83. The van der Waals surface area contributed by atoms with Gasteiger partial charge in [0, 0.05) is 30.0 Å². The summed E-state index contributed by atoms with van der Waals surface area (Å²) in [6.45, 7) is 2.39. The van der Waals surface area contributed by atoms with E-state index in [0.717, 1.165) is 18.2 Å². The fourth-order valence-corrected chi connectivity index (χ4v) is 4.13. The molecule has 2 heterocycles. The molecule has 4 aromatic rings. The number of urea groups is 1. The molecule has 0 saturated carbocycles. The van der Waals surface area contributed by atoms with Gasteiger partial charge in [-0.25, -0.2) is 18.6 Å². The first-order valence-corrected chi connectivity index (χ1v) is 12.0. The van der Waals surface area contributed by atoms with Crippen molar-refractivity contribution in [3.8, 4) is 0 Å². The average molecular weight is 557 g/mol. The zero-order valence-corrected chi connectivity index (χ0v) is 20.6. The van der Waals surface area contributed by atoms with Crippen molar-refractivity contribution in [2.24, 2.45) is 0 Å². The highest BCUT2D eigenvalue weighted by molar-refractivity contribution is 6.11. The number of carbonyl (C=O) groups is 2. The number of anilines is 3. The minimum Gasteiger partial charge on any atom is -0.378 e. The topological polar surface area (TPSA) is 96.5 Å². The van der Waals surface area contributed by atoms with E-state index in [1.807, 2.05) is 4.90 Å². The maximum Gasteiger partial charge on any atom is 0.419 e. The Balaban J connectivity index is 1.34. The van der Waals surface area contributed by atoms with Crippen LogP contribution in [0.1, 0.15) is 21.5 Å². The van der Waals surface area contributed by atoms with Crippen molar-refractivity contribution < 1.29 is 36.3 Å². The number of halogens is 5. The molecule has 13 heteroatoms. The first-order valence-electron chi connectivity index (χ1n) is 12.0. The third-order valence-electron chi connectivity index (χ3n) is 6.13. The molecule has 1 saturated heterocycles. The van der Waals surface area contributed by atoms with E-state index in [0.29, 0.717) is 55.3 Å². The molecule has 0 radical (unpaired) electrons. The maximum atomic E-state index is 14.7. The molecule has 0 atom stereocenters. The van der Waals surface area contributed by atoms with Crippen LogP contribution in [0.5, 0.6) is 0 Å². The molecule has 3 aromatic carbocycles. The maximum absolute atomic E-state index is 14.7. The van der Waals surface area contributed by atoms with Gasteiger partial charge in [0.25, 0.3) is 0 Å². The zero-order valence-electron chi connectivity index (χ0n) is 20.6. The van der Waals surface area contributed by atoms with Crippen LogP contribution in [0.3, 0.4) is 0 Å². The van der Waals surface area contributed by atoms with Crippen LogP contribution < -0.4 is 15.5 Å². The molecular weight excluding hydrogens is 537 g/mol. The third kappa shape index (κ3) is 5.83. The summed E-state index contributed by atoms with van der Waals surface area (Å²) in [6, 6.07) is 8.80. The van der Waals surface area contributed by atoms with Gasteiger partial charge in [0.2, 0.25) is 0 Å². The largest absolute Gasteiger partial charge is 0.419 e. The lowest BCUT2D eigenvalue weighted by Gasteiger charge is -2.27. The quantitative estimate of drug-likeness (QED) is 0.244. The second-order valence-electron chi connectivity index (χ2n) is 8.83. The first kappa shape index (κ1) is 26.9. The minimum absolute atomic E-state index is 0.00408. The van der Waals surface area contributed by atoms with Gasteiger partial charge in [-0.15, -0.1) is 0 Å². The number of aromatic nitrogens is 2. The van der Waals surface area contributed by atoms with Crippen LogP contribution in [0, 0.1) is 11.6 Å². The van der Waals surface area contributed by atoms with Crippen LogP contribution in [0.2, 0.25) is 0 Å². The predicted molar refractivity (Wildman–Crippen MR) is 136 cm³/mol. The molecule has 1 aliphatic heterocycles. The molecule has 0 spiro atoms. The molecule has 2 amide bonds. The van der Waals surface area contributed by atoms with Crippen LogP contribution in [0.15, 0.2) is 60.8 Å². The lowest BCUT2D eigenvalue weighted by Crippen LogP contribution is -2.36. The normalized spacial score (nSPS) is 13.8. The van der Waals surface area contributed by atoms with Gasteiger partial charge in [-0.1, -0.05) is 0 Å². The molecule has 0 bridgehead atoms. The summed E-state index contributed by atoms with van der Waals surface area (Å²) < 4.78 is 72.4. The number of nitrogens with zero attached hydrogens (tertiary/aromatic N) is 3. The van der Waals surface area contributed by atoms with Crippen LogP contribution in [0.4, 0.5) is 43.9 Å². The number of nitrogens with one attached hydrogen (secondary N) is 2. The Kier molecular flexibility index (Phi) is 7.30. The number of benzene rings is 3. The highest BCUT2D eigenvalue weighted by Gasteiger charge is 2.34. The summed E-state index contributed by atoms with van der Waals surface area (Å²) >= 11 is 0. The van der Waals surface area contributed by atoms with Crippen LogP contribution >= 0.6 is 0 Å². The van der Waals surface area contributed by atoms with Gasteiger partial charge in [-0.05, 0) is 54.6 Å². The Morgan fingerprint density at radius 1 is 0.850 bits per heavy atom. The highest BCUT2D eigenvalue weighted by atomic mass is 19.4. The van der Waals surface area contributed by atoms with E-state index in [2.05, 4.69) is 20.6 Å². The van der Waals surface area contributed by atoms with Crippen molar-refractivity contribution in [3.63, 3.8) is 0 Å². The standard InChI is InChI=1S/C27H20F5N5O3/c28-20-4-2-16(34-26(39)35-17-3-5-21(29)19(13-17)27(30,31)32)12-18(20)25(38)15-1-6-22-23(11-15)36-24(14-33-22)37-7-9-40-10-8-37/h1-6,11-14H,7-10H2,(H2,34,35,39). The Morgan fingerprint density at radius 2 is 1.52 bits per heavy atom. The summed E-state index contributed by atoms with van der Waals surface area (Å²) in [5.41, 5.74) is -1.12. The van der Waals surface area contributed by atoms with E-state index < -0.39 is 35.2 Å². The molecule has 0 unspecified atom stereocenters. The van der Waals surface area contributed by atoms with E-state index in [9.17, 15) is 31.5 Å². The lowest BCUT2D eigenvalue weighted by atomic mass is 10.0. The summed E-state index contributed by atoms with van der Waals surface area (Å²) in [5.74, 6) is -2.41. The molecular formula is C27H20F5N5O3. The molecule has 0 aliphatic carbocycles. The SMILES string of the molecule is O=C(Nc1ccc(F)c(C(=O)c2ccc3ncc(N4CCOCC4)nc3c2)c1)Nc1ccc(F)c(C(F)(F)F)c1. The number of hydrogen-bond acceptors (Lipinski definition) is 6. The summed E-state index contributed by atoms with van der Waals surface area (Å²) in [7, 11) is 0. The summed E-state index contributed by atoms with van der Waals surface area (Å²) in [4.78, 5) is 36.5. The number of carbonyl (C=O) groups excluding carboxylic acids is 2. The van der Waals surface area contributed by atoms with E-state index in [4.69, 9.17) is 4.74 Å². The van der Waals surface area contributed by atoms with Crippen LogP contribution in [-0.2, 0) is 10.9 Å². The van der Waals surface area contributed by atoms with Crippen LogP contribution in [0.25, 0.3) is 11.0 Å². The van der Waals surface area contributed by atoms with Crippen molar-refractivity contribution in [1.29, 1.82) is 0 Å². The fourth-order valence-electron chi connectivity index (χ4n) is 4.13. The number of amides is 2. The van der Waals surface area contributed by atoms with Crippen molar-refractivity contribution in [2.45, 2.75) is 6.18 Å². The minimum atomic E-state index is -4.96. The highest BCUT2D eigenvalue weighted by Crippen LogP contribution is 2.33. The third-order valence-corrected chi connectivity index (χ3v) is 6.13. The predicted octanol–water partition coefficient (Wildman–Crippen LogP) is 5.64. The van der Waals surface area contributed by atoms with Gasteiger partial charge in [0.15, 0.2) is 5.78 Å². The Hall–Kier alpha value is -4.65. The smallest absolute Gasteiger partial charge is 0.378 e. The van der Waals surface area contributed by atoms with Gasteiger partial charge in [0.1, 0.15) is 17.5 Å². The Bertz CT molecular complexity index is 1610. The van der Waals surface area contributed by atoms with E-state index in [1.165, 1.54) is 18.2 Å². The van der Waals surface area contributed by atoms with Crippen molar-refractivity contribution in [2.75, 3.05) is 41.8 Å². The van der Waals surface area contributed by atoms with Gasteiger partial charge in [0.05, 0.1) is 41.6 Å². The monoisotopic (exact) mass is 557 g/mol.